The van der Waals surface area contributed by atoms with Crippen LogP contribution in [0, 0.1) is 0 Å². The monoisotopic (exact) mass is 188 g/mol. The fraction of sp³-hybridized carbons (Fsp3) is 0. The quantitative estimate of drug-likeness (QED) is 0.422. The van der Waals surface area contributed by atoms with Crippen molar-refractivity contribution in [2.24, 2.45) is 0 Å². The van der Waals surface area contributed by atoms with E-state index >= 15 is 0 Å². The van der Waals surface area contributed by atoms with E-state index in [9.17, 15) is 0 Å². The minimum Gasteiger partial charge on any atom is -0.351 e. The Morgan fingerprint density at radius 2 is 2.45 bits per heavy atom. The highest BCUT2D eigenvalue weighted by Crippen LogP contribution is 2.14. The van der Waals surface area contributed by atoms with Crippen LogP contribution in [-0.4, -0.2) is 13.8 Å². The zero-order chi connectivity index (χ0) is 7.94. The number of nitrogens with one attached hydrogen (secondary N) is 2. The van der Waals surface area contributed by atoms with Gasteiger partial charge in [0.1, 0.15) is 0 Å². The summed E-state index contributed by atoms with van der Waals surface area (Å²) >= 11 is 5.42. The molecule has 1 aliphatic heterocycles. The SMILES string of the molecule is SN1NC=CS1.c1c[nH]cn1. The number of aromatic nitrogens is 2. The molecule has 0 fully saturated rings. The summed E-state index contributed by atoms with van der Waals surface area (Å²) in [5.41, 5.74) is 2.80. The van der Waals surface area contributed by atoms with Crippen molar-refractivity contribution in [3.8, 4) is 0 Å². The molecule has 4 nitrogen and oxygen atoms in total. The minimum atomic E-state index is 1.50. The molecular weight excluding hydrogens is 180 g/mol. The molecule has 0 bridgehead atoms. The van der Waals surface area contributed by atoms with Gasteiger partial charge in [0, 0.05) is 24.0 Å². The van der Waals surface area contributed by atoms with E-state index in [1.165, 1.54) is 11.9 Å². The average molecular weight is 188 g/mol. The van der Waals surface area contributed by atoms with Gasteiger partial charge in [0.05, 0.1) is 6.33 Å². The molecule has 0 atom stereocenters. The summed E-state index contributed by atoms with van der Waals surface area (Å²) in [5, 5.41) is 1.91. The highest BCUT2D eigenvalue weighted by atomic mass is 32.2. The molecule has 6 heteroatoms. The zero-order valence-electron chi connectivity index (χ0n) is 5.64. The lowest BCUT2D eigenvalue weighted by atomic mass is 11.0. The highest BCUT2D eigenvalue weighted by Gasteiger charge is 1.95. The van der Waals surface area contributed by atoms with Crippen molar-refractivity contribution in [3.05, 3.63) is 30.3 Å². The van der Waals surface area contributed by atoms with Crippen molar-refractivity contribution in [2.75, 3.05) is 0 Å². The topological polar surface area (TPSA) is 44.0 Å². The van der Waals surface area contributed by atoms with Gasteiger partial charge in [-0.2, -0.15) is 0 Å². The van der Waals surface area contributed by atoms with E-state index < -0.39 is 0 Å². The molecule has 1 aromatic heterocycles. The summed E-state index contributed by atoms with van der Waals surface area (Å²) in [6, 6.07) is 0. The van der Waals surface area contributed by atoms with Crippen molar-refractivity contribution in [3.63, 3.8) is 0 Å². The van der Waals surface area contributed by atoms with Gasteiger partial charge in [0.2, 0.25) is 0 Å². The molecule has 0 unspecified atom stereocenters. The van der Waals surface area contributed by atoms with Crippen LogP contribution in [0.25, 0.3) is 0 Å². The molecule has 2 N–H and O–H groups in total. The molecule has 0 amide bonds. The molecule has 0 spiro atoms. The molecule has 0 saturated heterocycles. The van der Waals surface area contributed by atoms with Crippen molar-refractivity contribution < 1.29 is 0 Å². The van der Waals surface area contributed by atoms with Gasteiger partial charge < -0.3 is 10.4 Å². The number of imidazole rings is 1. The van der Waals surface area contributed by atoms with Gasteiger partial charge in [0.15, 0.2) is 0 Å². The molecular formula is C5H8N4S2. The summed E-state index contributed by atoms with van der Waals surface area (Å²) in [7, 11) is 0. The average Bonchev–Trinajstić information content (AvgIpc) is 2.57. The molecule has 60 valence electrons. The number of thiol groups is 1. The smallest absolute Gasteiger partial charge is 0.0919 e. The third kappa shape index (κ3) is 3.97. The summed E-state index contributed by atoms with van der Waals surface area (Å²) in [6.07, 6.45) is 6.90. The van der Waals surface area contributed by atoms with E-state index in [1.807, 2.05) is 11.6 Å². The number of hydrogen-bond donors (Lipinski definition) is 3. The minimum absolute atomic E-state index is 1.50. The molecule has 11 heavy (non-hydrogen) atoms. The number of H-pyrrole nitrogens is 1. The Morgan fingerprint density at radius 1 is 1.55 bits per heavy atom. The maximum absolute atomic E-state index is 3.92. The summed E-state index contributed by atoms with van der Waals surface area (Å²) in [5.74, 6) is 0. The molecule has 1 aromatic rings. The lowest BCUT2D eigenvalue weighted by molar-refractivity contribution is 0.675. The van der Waals surface area contributed by atoms with Crippen LogP contribution in [0.2, 0.25) is 0 Å². The first kappa shape index (κ1) is 8.51. The fourth-order valence-corrected chi connectivity index (χ4v) is 1.02. The molecule has 2 rings (SSSR count). The van der Waals surface area contributed by atoms with Crippen LogP contribution >= 0.6 is 24.8 Å². The molecule has 0 radical (unpaired) electrons. The first-order chi connectivity index (χ1) is 5.39. The molecule has 2 heterocycles. The van der Waals surface area contributed by atoms with E-state index in [-0.39, 0.29) is 0 Å². The number of hydrogen-bond acceptors (Lipinski definition) is 5. The largest absolute Gasteiger partial charge is 0.351 e. The fourth-order valence-electron chi connectivity index (χ4n) is 0.428. The van der Waals surface area contributed by atoms with Crippen molar-refractivity contribution in [1.29, 1.82) is 0 Å². The number of hydrazine groups is 1. The zero-order valence-corrected chi connectivity index (χ0v) is 7.35. The third-order valence-corrected chi connectivity index (χ3v) is 1.78. The van der Waals surface area contributed by atoms with Gasteiger partial charge in [-0.25, -0.2) is 4.98 Å². The Balaban J connectivity index is 0.000000112. The predicted molar refractivity (Wildman–Crippen MR) is 49.3 cm³/mol. The highest BCUT2D eigenvalue weighted by molar-refractivity contribution is 8.07. The van der Waals surface area contributed by atoms with Crippen LogP contribution in [-0.2, 0) is 0 Å². The van der Waals surface area contributed by atoms with Gasteiger partial charge in [-0.1, -0.05) is 12.8 Å². The number of aromatic amines is 1. The Hall–Kier alpha value is -0.590. The van der Waals surface area contributed by atoms with Crippen LogP contribution in [0.1, 0.15) is 0 Å². The van der Waals surface area contributed by atoms with Crippen LogP contribution in [0.15, 0.2) is 30.3 Å². The summed E-state index contributed by atoms with van der Waals surface area (Å²) < 4.78 is 1.61. The van der Waals surface area contributed by atoms with Gasteiger partial charge in [-0.05, 0) is 11.9 Å². The van der Waals surface area contributed by atoms with Gasteiger partial charge in [0.25, 0.3) is 0 Å². The lowest BCUT2D eigenvalue weighted by Crippen LogP contribution is -2.10. The molecule has 0 aliphatic carbocycles. The maximum atomic E-state index is 3.92. The van der Waals surface area contributed by atoms with Crippen LogP contribution in [0.3, 0.4) is 0 Å². The van der Waals surface area contributed by atoms with Crippen LogP contribution in [0.5, 0.6) is 0 Å². The molecule has 1 aliphatic rings. The second-order valence-corrected chi connectivity index (χ2v) is 3.09. The van der Waals surface area contributed by atoms with Crippen molar-refractivity contribution in [1.82, 2.24) is 19.2 Å². The van der Waals surface area contributed by atoms with Gasteiger partial charge >= 0.3 is 0 Å². The first-order valence-electron chi connectivity index (χ1n) is 2.89. The Bertz CT molecular complexity index is 173. The lowest BCUT2D eigenvalue weighted by Gasteiger charge is -2.00. The Morgan fingerprint density at radius 3 is 2.64 bits per heavy atom. The molecule has 0 aromatic carbocycles. The van der Waals surface area contributed by atoms with E-state index in [2.05, 4.69) is 28.2 Å². The van der Waals surface area contributed by atoms with E-state index in [0.717, 1.165) is 0 Å². The van der Waals surface area contributed by atoms with Gasteiger partial charge in [-0.15, -0.1) is 3.82 Å². The normalized spacial score (nSPS) is 15.4. The first-order valence-corrected chi connectivity index (χ1v) is 4.13. The third-order valence-electron chi connectivity index (χ3n) is 0.820. The number of rotatable bonds is 0. The van der Waals surface area contributed by atoms with Gasteiger partial charge in [-0.3, -0.25) is 0 Å². The molecule has 0 saturated carbocycles. The predicted octanol–water partition coefficient (Wildman–Crippen LogP) is 1.18. The van der Waals surface area contributed by atoms with Crippen LogP contribution in [0.4, 0.5) is 0 Å². The maximum Gasteiger partial charge on any atom is 0.0919 e. The summed E-state index contributed by atoms with van der Waals surface area (Å²) in [4.78, 5) is 6.42. The van der Waals surface area contributed by atoms with E-state index in [1.54, 1.807) is 22.5 Å². The standard InChI is InChI=1S/C3H4N2.C2H4N2S2/c1-2-5-3-4-1;5-4-3-1-2-6-4/h1-3H,(H,4,5);1-3,5H. The Kier molecular flexibility index (Phi) is 3.95. The summed E-state index contributed by atoms with van der Waals surface area (Å²) in [6.45, 7) is 0. The van der Waals surface area contributed by atoms with Crippen molar-refractivity contribution >= 4 is 24.8 Å². The number of nitrogens with zero attached hydrogens (tertiary/aromatic N) is 2. The van der Waals surface area contributed by atoms with E-state index in [0.29, 0.717) is 0 Å². The Labute approximate surface area is 74.7 Å². The second kappa shape index (κ2) is 5.11. The van der Waals surface area contributed by atoms with E-state index in [4.69, 9.17) is 0 Å². The second-order valence-electron chi connectivity index (χ2n) is 1.57. The van der Waals surface area contributed by atoms with Crippen LogP contribution < -0.4 is 5.43 Å². The van der Waals surface area contributed by atoms with Crippen molar-refractivity contribution in [2.45, 2.75) is 0 Å².